The fourth-order valence-corrected chi connectivity index (χ4v) is 3.03. The molecule has 0 N–H and O–H groups in total. The van der Waals surface area contributed by atoms with Crippen molar-refractivity contribution in [1.82, 2.24) is 24.5 Å². The summed E-state index contributed by atoms with van der Waals surface area (Å²) >= 11 is 0. The van der Waals surface area contributed by atoms with Crippen LogP contribution in [-0.2, 0) is 23.6 Å². The van der Waals surface area contributed by atoms with Gasteiger partial charge in [0.1, 0.15) is 0 Å². The second-order valence-corrected chi connectivity index (χ2v) is 6.26. The van der Waals surface area contributed by atoms with Crippen molar-refractivity contribution in [1.29, 1.82) is 0 Å². The van der Waals surface area contributed by atoms with Crippen molar-refractivity contribution in [3.05, 3.63) is 35.7 Å². The van der Waals surface area contributed by atoms with Crippen LogP contribution in [0.4, 0.5) is 0 Å². The molecule has 0 fully saturated rings. The molecule has 0 unspecified atom stereocenters. The average molecular weight is 281 g/mol. The molecular formula is C11H15N5O2S. The number of hydrogen-bond donors (Lipinski definition) is 0. The number of benzene rings is 1. The zero-order chi connectivity index (χ0) is 14.0. The summed E-state index contributed by atoms with van der Waals surface area (Å²) < 4.78 is 27.6. The Labute approximate surface area is 111 Å². The Bertz CT molecular complexity index is 680. The Morgan fingerprint density at radius 3 is 2.58 bits per heavy atom. The van der Waals surface area contributed by atoms with E-state index in [4.69, 9.17) is 0 Å². The van der Waals surface area contributed by atoms with Gasteiger partial charge in [0.25, 0.3) is 0 Å². The van der Waals surface area contributed by atoms with E-state index in [0.717, 1.165) is 0 Å². The molecule has 0 aliphatic rings. The minimum atomic E-state index is -3.54. The molecule has 0 radical (unpaired) electrons. The Morgan fingerprint density at radius 1 is 1.32 bits per heavy atom. The molecule has 0 bridgehead atoms. The highest BCUT2D eigenvalue weighted by atomic mass is 32.2. The second-order valence-electron chi connectivity index (χ2n) is 4.25. The highest BCUT2D eigenvalue weighted by Crippen LogP contribution is 2.19. The lowest BCUT2D eigenvalue weighted by atomic mass is 10.2. The van der Waals surface area contributed by atoms with Gasteiger partial charge in [0, 0.05) is 14.1 Å². The quantitative estimate of drug-likeness (QED) is 0.807. The average Bonchev–Trinajstić information content (AvgIpc) is 2.75. The molecule has 0 aliphatic heterocycles. The van der Waals surface area contributed by atoms with Crippen molar-refractivity contribution in [2.45, 2.75) is 18.4 Å². The van der Waals surface area contributed by atoms with Gasteiger partial charge in [0.15, 0.2) is 5.82 Å². The first-order valence-electron chi connectivity index (χ1n) is 5.66. The predicted molar refractivity (Wildman–Crippen MR) is 68.6 cm³/mol. The van der Waals surface area contributed by atoms with Crippen LogP contribution in [-0.4, -0.2) is 40.0 Å². The SMILES string of the molecule is Cc1ccccc1S(=O)(=O)N(C)Cc1nnnn1C. The van der Waals surface area contributed by atoms with Gasteiger partial charge in [-0.3, -0.25) is 0 Å². The van der Waals surface area contributed by atoms with E-state index in [1.165, 1.54) is 16.0 Å². The third kappa shape index (κ3) is 2.64. The third-order valence-electron chi connectivity index (χ3n) is 2.85. The minimum Gasteiger partial charge on any atom is -0.231 e. The molecule has 102 valence electrons. The van der Waals surface area contributed by atoms with Crippen molar-refractivity contribution >= 4 is 10.0 Å². The van der Waals surface area contributed by atoms with Gasteiger partial charge < -0.3 is 0 Å². The van der Waals surface area contributed by atoms with E-state index in [0.29, 0.717) is 16.3 Å². The Kier molecular flexibility index (Phi) is 3.63. The minimum absolute atomic E-state index is 0.125. The van der Waals surface area contributed by atoms with Gasteiger partial charge in [-0.25, -0.2) is 13.1 Å². The Morgan fingerprint density at radius 2 is 2.00 bits per heavy atom. The van der Waals surface area contributed by atoms with Crippen molar-refractivity contribution in [2.75, 3.05) is 7.05 Å². The van der Waals surface area contributed by atoms with Crippen LogP contribution >= 0.6 is 0 Å². The molecule has 1 aromatic carbocycles. The van der Waals surface area contributed by atoms with Crippen molar-refractivity contribution in [3.8, 4) is 0 Å². The summed E-state index contributed by atoms with van der Waals surface area (Å²) in [6.07, 6.45) is 0. The van der Waals surface area contributed by atoms with Crippen molar-refractivity contribution < 1.29 is 8.42 Å². The predicted octanol–water partition coefficient (Wildman–Crippen LogP) is 0.339. The summed E-state index contributed by atoms with van der Waals surface area (Å²) in [4.78, 5) is 0.299. The van der Waals surface area contributed by atoms with E-state index in [1.54, 1.807) is 38.2 Å². The third-order valence-corrected chi connectivity index (χ3v) is 4.82. The molecule has 0 aliphatic carbocycles. The molecule has 7 nitrogen and oxygen atoms in total. The molecule has 1 heterocycles. The summed E-state index contributed by atoms with van der Waals surface area (Å²) in [5.74, 6) is 0.486. The maximum Gasteiger partial charge on any atom is 0.243 e. The number of rotatable bonds is 4. The van der Waals surface area contributed by atoms with Crippen LogP contribution in [0.15, 0.2) is 29.2 Å². The van der Waals surface area contributed by atoms with Gasteiger partial charge in [-0.1, -0.05) is 18.2 Å². The molecule has 2 aromatic rings. The number of nitrogens with zero attached hydrogens (tertiary/aromatic N) is 5. The molecule has 1 aromatic heterocycles. The summed E-state index contributed by atoms with van der Waals surface area (Å²) in [5.41, 5.74) is 0.713. The van der Waals surface area contributed by atoms with Crippen molar-refractivity contribution in [2.24, 2.45) is 7.05 Å². The smallest absolute Gasteiger partial charge is 0.231 e. The Balaban J connectivity index is 2.30. The monoisotopic (exact) mass is 281 g/mol. The molecule has 19 heavy (non-hydrogen) atoms. The van der Waals surface area contributed by atoms with Crippen LogP contribution in [0.3, 0.4) is 0 Å². The van der Waals surface area contributed by atoms with Crippen molar-refractivity contribution in [3.63, 3.8) is 0 Å². The van der Waals surface area contributed by atoms with Crippen LogP contribution in [0.5, 0.6) is 0 Å². The first-order chi connectivity index (χ1) is 8.93. The van der Waals surface area contributed by atoms with E-state index >= 15 is 0 Å². The first-order valence-corrected chi connectivity index (χ1v) is 7.10. The van der Waals surface area contributed by atoms with Crippen LogP contribution in [0.25, 0.3) is 0 Å². The van der Waals surface area contributed by atoms with Gasteiger partial charge in [0.05, 0.1) is 11.4 Å². The Hall–Kier alpha value is -1.80. The van der Waals surface area contributed by atoms with Gasteiger partial charge in [-0.15, -0.1) is 5.10 Å². The topological polar surface area (TPSA) is 81.0 Å². The van der Waals surface area contributed by atoms with Gasteiger partial charge >= 0.3 is 0 Å². The molecule has 0 atom stereocenters. The standard InChI is InChI=1S/C11H15N5O2S/c1-9-6-4-5-7-10(9)19(17,18)15(2)8-11-12-13-14-16(11)3/h4-7H,8H2,1-3H3. The number of aromatic nitrogens is 4. The fraction of sp³-hybridized carbons (Fsp3) is 0.364. The summed E-state index contributed by atoms with van der Waals surface area (Å²) in [6, 6.07) is 6.87. The molecular weight excluding hydrogens is 266 g/mol. The molecule has 8 heteroatoms. The van der Waals surface area contributed by atoms with E-state index in [9.17, 15) is 8.42 Å². The number of sulfonamides is 1. The molecule has 0 amide bonds. The summed E-state index contributed by atoms with van der Waals surface area (Å²) in [7, 11) is -0.357. The van der Waals surface area contributed by atoms with Crippen LogP contribution < -0.4 is 0 Å². The van der Waals surface area contributed by atoms with Crippen LogP contribution in [0.2, 0.25) is 0 Å². The lowest BCUT2D eigenvalue weighted by Crippen LogP contribution is -2.28. The summed E-state index contributed by atoms with van der Waals surface area (Å²) in [6.45, 7) is 1.89. The number of tetrazole rings is 1. The fourth-order valence-electron chi connectivity index (χ4n) is 1.68. The highest BCUT2D eigenvalue weighted by molar-refractivity contribution is 7.89. The molecule has 0 saturated heterocycles. The number of hydrogen-bond acceptors (Lipinski definition) is 5. The van der Waals surface area contributed by atoms with Gasteiger partial charge in [-0.05, 0) is 29.0 Å². The maximum atomic E-state index is 12.4. The largest absolute Gasteiger partial charge is 0.243 e. The normalized spacial score (nSPS) is 12.0. The first kappa shape index (κ1) is 13.6. The van der Waals surface area contributed by atoms with Crippen LogP contribution in [0, 0.1) is 6.92 Å². The van der Waals surface area contributed by atoms with Crippen LogP contribution in [0.1, 0.15) is 11.4 Å². The maximum absolute atomic E-state index is 12.4. The molecule has 0 saturated carbocycles. The van der Waals surface area contributed by atoms with Gasteiger partial charge in [0.2, 0.25) is 10.0 Å². The highest BCUT2D eigenvalue weighted by Gasteiger charge is 2.23. The van der Waals surface area contributed by atoms with E-state index in [-0.39, 0.29) is 6.54 Å². The lowest BCUT2D eigenvalue weighted by molar-refractivity contribution is 0.447. The second kappa shape index (κ2) is 5.06. The van der Waals surface area contributed by atoms with Gasteiger partial charge in [-0.2, -0.15) is 4.31 Å². The van der Waals surface area contributed by atoms with E-state index in [2.05, 4.69) is 15.5 Å². The molecule has 0 spiro atoms. The number of aryl methyl sites for hydroxylation is 2. The van der Waals surface area contributed by atoms with E-state index < -0.39 is 10.0 Å². The zero-order valence-electron chi connectivity index (χ0n) is 11.0. The zero-order valence-corrected chi connectivity index (χ0v) is 11.8. The summed E-state index contributed by atoms with van der Waals surface area (Å²) in [5, 5.41) is 10.9. The lowest BCUT2D eigenvalue weighted by Gasteiger charge is -2.17. The van der Waals surface area contributed by atoms with E-state index in [1.807, 2.05) is 0 Å². The molecule has 2 rings (SSSR count).